The average Bonchev–Trinajstić information content (AvgIpc) is 2.14. The molecule has 2 N–H and O–H groups in total. The van der Waals surface area contributed by atoms with Crippen LogP contribution in [0, 0.1) is 11.3 Å². The van der Waals surface area contributed by atoms with Gasteiger partial charge in [-0.25, -0.2) is 0 Å². The van der Waals surface area contributed by atoms with Gasteiger partial charge in [0, 0.05) is 11.1 Å². The van der Waals surface area contributed by atoms with Gasteiger partial charge in [0.1, 0.15) is 5.75 Å². The van der Waals surface area contributed by atoms with Crippen LogP contribution in [0.1, 0.15) is 12.5 Å². The van der Waals surface area contributed by atoms with Crippen molar-refractivity contribution in [2.24, 2.45) is 0 Å². The van der Waals surface area contributed by atoms with E-state index in [9.17, 15) is 0 Å². The number of nitrogens with two attached hydrogens (primary N) is 1. The van der Waals surface area contributed by atoms with Crippen molar-refractivity contribution in [3.63, 3.8) is 0 Å². The van der Waals surface area contributed by atoms with E-state index in [-0.39, 0.29) is 6.42 Å². The Morgan fingerprint density at radius 2 is 2.29 bits per heavy atom. The predicted molar refractivity (Wildman–Crippen MR) is 56.4 cm³/mol. The Kier molecular flexibility index (Phi) is 3.61. The van der Waals surface area contributed by atoms with Crippen LogP contribution < -0.4 is 10.5 Å². The molecular formula is C10H11ClN2O. The Labute approximate surface area is 88.0 Å². The van der Waals surface area contributed by atoms with E-state index >= 15 is 0 Å². The maximum atomic E-state index is 8.57. The number of nitrogen functional groups attached to an aromatic ring is 1. The summed E-state index contributed by atoms with van der Waals surface area (Å²) in [6.45, 7) is 2.39. The molecule has 0 spiro atoms. The third-order valence-electron chi connectivity index (χ3n) is 1.76. The van der Waals surface area contributed by atoms with E-state index in [0.29, 0.717) is 28.6 Å². The van der Waals surface area contributed by atoms with E-state index in [1.807, 2.05) is 13.0 Å². The van der Waals surface area contributed by atoms with Crippen LogP contribution in [0.5, 0.6) is 5.75 Å². The lowest BCUT2D eigenvalue weighted by Gasteiger charge is -2.10. The summed E-state index contributed by atoms with van der Waals surface area (Å²) in [4.78, 5) is 0. The van der Waals surface area contributed by atoms with Crippen LogP contribution in [0.4, 0.5) is 5.69 Å². The monoisotopic (exact) mass is 210 g/mol. The highest BCUT2D eigenvalue weighted by atomic mass is 35.5. The largest absolute Gasteiger partial charge is 0.492 e. The second-order valence-electron chi connectivity index (χ2n) is 2.74. The Morgan fingerprint density at radius 3 is 2.86 bits per heavy atom. The quantitative estimate of drug-likeness (QED) is 0.780. The summed E-state index contributed by atoms with van der Waals surface area (Å²) in [5.74, 6) is 0.547. The highest BCUT2D eigenvalue weighted by molar-refractivity contribution is 6.31. The van der Waals surface area contributed by atoms with Crippen molar-refractivity contribution >= 4 is 17.3 Å². The number of anilines is 1. The minimum Gasteiger partial charge on any atom is -0.492 e. The molecule has 0 amide bonds. The van der Waals surface area contributed by atoms with Crippen LogP contribution in [0.15, 0.2) is 12.1 Å². The van der Waals surface area contributed by atoms with Crippen molar-refractivity contribution in [2.45, 2.75) is 13.3 Å². The van der Waals surface area contributed by atoms with E-state index in [0.717, 1.165) is 0 Å². The first-order valence-corrected chi connectivity index (χ1v) is 4.64. The normalized spacial score (nSPS) is 9.50. The second kappa shape index (κ2) is 4.73. The Balaban J connectivity index is 3.12. The second-order valence-corrected chi connectivity index (χ2v) is 3.18. The number of benzene rings is 1. The van der Waals surface area contributed by atoms with Crippen molar-refractivity contribution in [1.29, 1.82) is 5.26 Å². The molecule has 0 aliphatic heterocycles. The number of rotatable bonds is 3. The molecule has 74 valence electrons. The van der Waals surface area contributed by atoms with Gasteiger partial charge >= 0.3 is 0 Å². The lowest BCUT2D eigenvalue weighted by atomic mass is 10.1. The summed E-state index contributed by atoms with van der Waals surface area (Å²) in [7, 11) is 0. The molecule has 3 nitrogen and oxygen atoms in total. The summed E-state index contributed by atoms with van der Waals surface area (Å²) in [6, 6.07) is 5.36. The van der Waals surface area contributed by atoms with Gasteiger partial charge in [-0.05, 0) is 18.6 Å². The summed E-state index contributed by atoms with van der Waals surface area (Å²) >= 11 is 5.85. The van der Waals surface area contributed by atoms with Gasteiger partial charge in [0.2, 0.25) is 0 Å². The maximum absolute atomic E-state index is 8.57. The molecule has 0 saturated carbocycles. The van der Waals surface area contributed by atoms with Gasteiger partial charge in [-0.3, -0.25) is 0 Å². The van der Waals surface area contributed by atoms with Gasteiger partial charge in [0.25, 0.3) is 0 Å². The molecule has 0 bridgehead atoms. The molecule has 1 aromatic carbocycles. The molecule has 14 heavy (non-hydrogen) atoms. The van der Waals surface area contributed by atoms with Crippen LogP contribution in [0.3, 0.4) is 0 Å². The Morgan fingerprint density at radius 1 is 1.57 bits per heavy atom. The number of hydrogen-bond donors (Lipinski definition) is 1. The van der Waals surface area contributed by atoms with Gasteiger partial charge < -0.3 is 10.5 Å². The molecule has 1 rings (SSSR count). The third-order valence-corrected chi connectivity index (χ3v) is 1.98. The zero-order chi connectivity index (χ0) is 10.6. The smallest absolute Gasteiger partial charge is 0.143 e. The van der Waals surface area contributed by atoms with Crippen molar-refractivity contribution in [3.05, 3.63) is 22.7 Å². The third kappa shape index (κ3) is 2.30. The first-order chi connectivity index (χ1) is 6.69. The highest BCUT2D eigenvalue weighted by Gasteiger charge is 2.07. The standard InChI is InChI=1S/C10H11ClN2O/c1-2-14-9-6-8(11)5-7(3-4-12)10(9)13/h5-6H,2-3,13H2,1H3. The van der Waals surface area contributed by atoms with Gasteiger partial charge in [-0.1, -0.05) is 11.6 Å². The fraction of sp³-hybridized carbons (Fsp3) is 0.300. The number of halogens is 1. The molecule has 0 unspecified atom stereocenters. The lowest BCUT2D eigenvalue weighted by molar-refractivity contribution is 0.342. The van der Waals surface area contributed by atoms with Crippen LogP contribution in [-0.2, 0) is 6.42 Å². The van der Waals surface area contributed by atoms with Gasteiger partial charge in [0.05, 0.1) is 24.8 Å². The van der Waals surface area contributed by atoms with Crippen molar-refractivity contribution in [2.75, 3.05) is 12.3 Å². The van der Waals surface area contributed by atoms with E-state index in [1.165, 1.54) is 0 Å². The molecule has 0 heterocycles. The fourth-order valence-corrected chi connectivity index (χ4v) is 1.38. The minimum absolute atomic E-state index is 0.243. The maximum Gasteiger partial charge on any atom is 0.143 e. The first kappa shape index (κ1) is 10.7. The van der Waals surface area contributed by atoms with Gasteiger partial charge in [-0.2, -0.15) is 5.26 Å². The molecule has 0 radical (unpaired) electrons. The van der Waals surface area contributed by atoms with Crippen LogP contribution in [-0.4, -0.2) is 6.61 Å². The molecule has 0 aliphatic rings. The van der Waals surface area contributed by atoms with Crippen LogP contribution >= 0.6 is 11.6 Å². The molecule has 1 aromatic rings. The molecule has 4 heteroatoms. The molecule has 0 saturated heterocycles. The van der Waals surface area contributed by atoms with Crippen molar-refractivity contribution in [1.82, 2.24) is 0 Å². The fourth-order valence-electron chi connectivity index (χ4n) is 1.15. The van der Waals surface area contributed by atoms with E-state index in [2.05, 4.69) is 0 Å². The topological polar surface area (TPSA) is 59.0 Å². The first-order valence-electron chi connectivity index (χ1n) is 4.26. The van der Waals surface area contributed by atoms with Crippen molar-refractivity contribution < 1.29 is 4.74 Å². The summed E-state index contributed by atoms with van der Waals surface area (Å²) < 4.78 is 5.29. The molecule has 0 aliphatic carbocycles. The molecule has 0 fully saturated rings. The molecule has 0 aromatic heterocycles. The lowest BCUT2D eigenvalue weighted by Crippen LogP contribution is -2.00. The molecule has 0 atom stereocenters. The summed E-state index contributed by atoms with van der Waals surface area (Å²) in [5.41, 5.74) is 7.00. The number of hydrogen-bond acceptors (Lipinski definition) is 3. The average molecular weight is 211 g/mol. The zero-order valence-corrected chi connectivity index (χ0v) is 8.64. The summed E-state index contributed by atoms with van der Waals surface area (Å²) in [5, 5.41) is 9.10. The zero-order valence-electron chi connectivity index (χ0n) is 7.88. The van der Waals surface area contributed by atoms with Gasteiger partial charge in [0.15, 0.2) is 0 Å². The van der Waals surface area contributed by atoms with E-state index in [1.54, 1.807) is 12.1 Å². The van der Waals surface area contributed by atoms with Crippen molar-refractivity contribution in [3.8, 4) is 11.8 Å². The van der Waals surface area contributed by atoms with Gasteiger partial charge in [-0.15, -0.1) is 0 Å². The Hall–Kier alpha value is -1.40. The number of nitriles is 1. The Bertz CT molecular complexity index is 371. The van der Waals surface area contributed by atoms with E-state index in [4.69, 9.17) is 27.3 Å². The van der Waals surface area contributed by atoms with Crippen LogP contribution in [0.25, 0.3) is 0 Å². The SMILES string of the molecule is CCOc1cc(Cl)cc(CC#N)c1N. The predicted octanol–water partition coefficient (Wildman–Crippen LogP) is 2.39. The minimum atomic E-state index is 0.243. The van der Waals surface area contributed by atoms with E-state index < -0.39 is 0 Å². The number of ether oxygens (including phenoxy) is 1. The number of nitrogens with zero attached hydrogens (tertiary/aromatic N) is 1. The van der Waals surface area contributed by atoms with Crippen LogP contribution in [0.2, 0.25) is 5.02 Å². The highest BCUT2D eigenvalue weighted by Crippen LogP contribution is 2.30. The summed E-state index contributed by atoms with van der Waals surface area (Å²) in [6.07, 6.45) is 0.243. The molecular weight excluding hydrogens is 200 g/mol.